The second-order valence-corrected chi connectivity index (χ2v) is 8.90. The van der Waals surface area contributed by atoms with E-state index in [1.165, 1.54) is 18.3 Å². The first kappa shape index (κ1) is 22.7. The van der Waals surface area contributed by atoms with Crippen LogP contribution in [0, 0.1) is 17.6 Å². The number of hydrogen-bond acceptors (Lipinski definition) is 3. The van der Waals surface area contributed by atoms with E-state index in [9.17, 15) is 23.5 Å². The Labute approximate surface area is 190 Å². The smallest absolute Gasteiger partial charge is 0.341 e. The van der Waals surface area contributed by atoms with Crippen molar-refractivity contribution in [2.45, 2.75) is 40.2 Å². The largest absolute Gasteiger partial charge is 0.492 e. The molecule has 7 heteroatoms. The molecule has 2 aromatic carbocycles. The van der Waals surface area contributed by atoms with Crippen LogP contribution >= 0.6 is 0 Å². The highest BCUT2D eigenvalue weighted by Gasteiger charge is 2.28. The fourth-order valence-electron chi connectivity index (χ4n) is 4.22. The number of aromatic nitrogens is 1. The van der Waals surface area contributed by atoms with Crippen LogP contribution in [-0.4, -0.2) is 22.2 Å². The SMILES string of the molecule is CC(C)C.O=C(O)c1cn2c(cc1=O)-c1cc(-c3ccc(F)c(F)c3)c3c(c1CC2)CCO3. The van der Waals surface area contributed by atoms with Gasteiger partial charge in [0.15, 0.2) is 17.1 Å². The van der Waals surface area contributed by atoms with Gasteiger partial charge in [-0.3, -0.25) is 4.79 Å². The minimum absolute atomic E-state index is 0.275. The molecule has 0 atom stereocenters. The van der Waals surface area contributed by atoms with Gasteiger partial charge in [-0.1, -0.05) is 26.8 Å². The van der Waals surface area contributed by atoms with Crippen LogP contribution < -0.4 is 10.2 Å². The van der Waals surface area contributed by atoms with Crippen molar-refractivity contribution in [1.82, 2.24) is 4.57 Å². The Morgan fingerprint density at radius 2 is 1.76 bits per heavy atom. The van der Waals surface area contributed by atoms with Gasteiger partial charge in [0.05, 0.1) is 12.3 Å². The Kier molecular flexibility index (Phi) is 6.06. The average Bonchev–Trinajstić information content (AvgIpc) is 3.24. The summed E-state index contributed by atoms with van der Waals surface area (Å²) < 4.78 is 34.8. The van der Waals surface area contributed by atoms with E-state index in [2.05, 4.69) is 20.8 Å². The van der Waals surface area contributed by atoms with Gasteiger partial charge in [0.2, 0.25) is 0 Å². The van der Waals surface area contributed by atoms with Crippen molar-refractivity contribution in [2.24, 2.45) is 5.92 Å². The lowest BCUT2D eigenvalue weighted by molar-refractivity contribution is 0.0694. The van der Waals surface area contributed by atoms with Crippen LogP contribution in [0.2, 0.25) is 0 Å². The van der Waals surface area contributed by atoms with Gasteiger partial charge >= 0.3 is 5.97 Å². The number of hydrogen-bond donors (Lipinski definition) is 1. The average molecular weight is 453 g/mol. The fourth-order valence-corrected chi connectivity index (χ4v) is 4.22. The highest BCUT2D eigenvalue weighted by Crippen LogP contribution is 2.45. The number of ether oxygens (including phenoxy) is 1. The number of fused-ring (bicyclic) bond motifs is 5. The summed E-state index contributed by atoms with van der Waals surface area (Å²) in [4.78, 5) is 23.6. The van der Waals surface area contributed by atoms with E-state index < -0.39 is 23.0 Å². The van der Waals surface area contributed by atoms with Crippen molar-refractivity contribution in [3.05, 3.63) is 75.1 Å². The first-order valence-corrected chi connectivity index (χ1v) is 10.9. The monoisotopic (exact) mass is 453 g/mol. The maximum atomic E-state index is 13.9. The second kappa shape index (κ2) is 8.81. The summed E-state index contributed by atoms with van der Waals surface area (Å²) in [5.41, 5.74) is 3.71. The van der Waals surface area contributed by atoms with Gasteiger partial charge in [-0.05, 0) is 41.7 Å². The Morgan fingerprint density at radius 1 is 1.03 bits per heavy atom. The number of benzene rings is 2. The number of pyridine rings is 1. The number of rotatable bonds is 2. The summed E-state index contributed by atoms with van der Waals surface area (Å²) in [6.45, 7) is 7.53. The molecule has 2 aliphatic rings. The molecule has 2 aliphatic heterocycles. The number of aryl methyl sites for hydroxylation is 1. The maximum Gasteiger partial charge on any atom is 0.341 e. The number of carbonyl (C=O) groups is 1. The molecule has 5 nitrogen and oxygen atoms in total. The number of aromatic carboxylic acids is 1. The summed E-state index contributed by atoms with van der Waals surface area (Å²) >= 11 is 0. The molecule has 1 N–H and O–H groups in total. The van der Waals surface area contributed by atoms with Gasteiger partial charge in [-0.25, -0.2) is 13.6 Å². The van der Waals surface area contributed by atoms with Crippen LogP contribution in [0.4, 0.5) is 8.78 Å². The summed E-state index contributed by atoms with van der Waals surface area (Å²) in [6.07, 6.45) is 2.71. The fraction of sp³-hybridized carbons (Fsp3) is 0.308. The third kappa shape index (κ3) is 4.27. The van der Waals surface area contributed by atoms with Crippen molar-refractivity contribution >= 4 is 5.97 Å². The first-order valence-electron chi connectivity index (χ1n) is 10.9. The standard InChI is InChI=1S/C22H15F2NO4.C4H10/c23-17-2-1-11(7-18(17)24)14-8-15-12(13-4-6-29-21(13)14)3-5-25-10-16(22(27)28)20(26)9-19(15)25;1-4(2)3/h1-2,7-10H,3-6H2,(H,27,28);4H,1-3H3. The van der Waals surface area contributed by atoms with Crippen LogP contribution in [-0.2, 0) is 19.4 Å². The molecule has 0 amide bonds. The van der Waals surface area contributed by atoms with Gasteiger partial charge in [0.1, 0.15) is 11.3 Å². The third-order valence-electron chi connectivity index (χ3n) is 5.56. The van der Waals surface area contributed by atoms with Crippen molar-refractivity contribution in [3.8, 4) is 28.1 Å². The summed E-state index contributed by atoms with van der Waals surface area (Å²) in [5, 5.41) is 9.23. The van der Waals surface area contributed by atoms with Gasteiger partial charge in [0.25, 0.3) is 0 Å². The van der Waals surface area contributed by atoms with E-state index in [-0.39, 0.29) is 5.56 Å². The molecule has 0 unspecified atom stereocenters. The highest BCUT2D eigenvalue weighted by atomic mass is 19.2. The van der Waals surface area contributed by atoms with Crippen LogP contribution in [0.1, 0.15) is 42.3 Å². The second-order valence-electron chi connectivity index (χ2n) is 8.90. The molecule has 0 bridgehead atoms. The molecule has 5 rings (SSSR count). The first-order chi connectivity index (χ1) is 15.7. The maximum absolute atomic E-state index is 13.9. The summed E-state index contributed by atoms with van der Waals surface area (Å²) in [7, 11) is 0. The van der Waals surface area contributed by atoms with Crippen LogP contribution in [0.25, 0.3) is 22.4 Å². The van der Waals surface area contributed by atoms with E-state index in [1.54, 1.807) is 4.57 Å². The molecule has 33 heavy (non-hydrogen) atoms. The van der Waals surface area contributed by atoms with Crippen molar-refractivity contribution < 1.29 is 23.4 Å². The molecule has 0 saturated carbocycles. The summed E-state index contributed by atoms with van der Waals surface area (Å²) in [6, 6.07) is 6.84. The minimum Gasteiger partial charge on any atom is -0.492 e. The molecular weight excluding hydrogens is 428 g/mol. The van der Waals surface area contributed by atoms with Gasteiger partial charge in [-0.15, -0.1) is 0 Å². The van der Waals surface area contributed by atoms with Crippen LogP contribution in [0.15, 0.2) is 41.3 Å². The zero-order chi connectivity index (χ0) is 23.9. The predicted molar refractivity (Wildman–Crippen MR) is 122 cm³/mol. The molecule has 3 aromatic rings. The highest BCUT2D eigenvalue weighted by molar-refractivity contribution is 5.88. The van der Waals surface area contributed by atoms with Crippen molar-refractivity contribution in [3.63, 3.8) is 0 Å². The van der Waals surface area contributed by atoms with E-state index in [4.69, 9.17) is 4.74 Å². The van der Waals surface area contributed by atoms with E-state index >= 15 is 0 Å². The van der Waals surface area contributed by atoms with E-state index in [1.807, 2.05) is 6.07 Å². The lowest BCUT2D eigenvalue weighted by Gasteiger charge is -2.25. The number of nitrogens with zero attached hydrogens (tertiary/aromatic N) is 1. The minimum atomic E-state index is -1.26. The zero-order valence-corrected chi connectivity index (χ0v) is 18.7. The molecule has 1 aromatic heterocycles. The van der Waals surface area contributed by atoms with Crippen molar-refractivity contribution in [1.29, 1.82) is 0 Å². The van der Waals surface area contributed by atoms with Crippen LogP contribution in [0.5, 0.6) is 5.75 Å². The quantitative estimate of drug-likeness (QED) is 0.571. The summed E-state index contributed by atoms with van der Waals surface area (Å²) in [5.74, 6) is -1.65. The Morgan fingerprint density at radius 3 is 2.42 bits per heavy atom. The Hall–Kier alpha value is -3.48. The lowest BCUT2D eigenvalue weighted by atomic mass is 9.87. The molecule has 3 heterocycles. The number of halogens is 2. The predicted octanol–water partition coefficient (Wildman–Crippen LogP) is 5.31. The molecule has 172 valence electrons. The van der Waals surface area contributed by atoms with Gasteiger partial charge in [-0.2, -0.15) is 0 Å². The Balaban J connectivity index is 0.000000601. The van der Waals surface area contributed by atoms with Gasteiger partial charge < -0.3 is 14.4 Å². The van der Waals surface area contributed by atoms with E-state index in [0.29, 0.717) is 48.6 Å². The number of carboxylic acids is 1. The van der Waals surface area contributed by atoms with E-state index in [0.717, 1.165) is 34.7 Å². The molecule has 0 spiro atoms. The Bertz CT molecular complexity index is 1310. The molecule has 0 saturated heterocycles. The van der Waals surface area contributed by atoms with Crippen molar-refractivity contribution in [2.75, 3.05) is 6.61 Å². The third-order valence-corrected chi connectivity index (χ3v) is 5.56. The lowest BCUT2D eigenvalue weighted by Crippen LogP contribution is -2.22. The van der Waals surface area contributed by atoms with Crippen LogP contribution in [0.3, 0.4) is 0 Å². The van der Waals surface area contributed by atoms with Gasteiger partial charge in [0, 0.05) is 41.9 Å². The molecular formula is C26H25F2NO4. The molecule has 0 radical (unpaired) electrons. The zero-order valence-electron chi connectivity index (χ0n) is 18.7. The number of carboxylic acid groups (broad SMARTS) is 1. The topological polar surface area (TPSA) is 68.5 Å². The molecule has 0 fully saturated rings. The normalized spacial score (nSPS) is 13.4. The molecule has 0 aliphatic carbocycles.